The third-order valence-corrected chi connectivity index (χ3v) is 5.21. The Balaban J connectivity index is 2.97. The van der Waals surface area contributed by atoms with Gasteiger partial charge in [-0.2, -0.15) is 0 Å². The second-order valence-corrected chi connectivity index (χ2v) is 5.73. The SMILES string of the molecule is Sc1c(I)cc(Br)c2sccc12. The summed E-state index contributed by atoms with van der Waals surface area (Å²) < 4.78 is 3.63. The second-order valence-electron chi connectivity index (χ2n) is 2.35. The lowest BCUT2D eigenvalue weighted by molar-refractivity contribution is 1.49. The van der Waals surface area contributed by atoms with E-state index in [-0.39, 0.29) is 0 Å². The van der Waals surface area contributed by atoms with Crippen LogP contribution in [-0.2, 0) is 0 Å². The molecule has 0 atom stereocenters. The van der Waals surface area contributed by atoms with Crippen LogP contribution in [0, 0.1) is 3.57 Å². The molecule has 0 nitrogen and oxygen atoms in total. The van der Waals surface area contributed by atoms with Gasteiger partial charge in [0.2, 0.25) is 0 Å². The number of hydrogen-bond acceptors (Lipinski definition) is 2. The molecule has 0 aliphatic heterocycles. The minimum Gasteiger partial charge on any atom is -0.143 e. The molecule has 0 saturated heterocycles. The summed E-state index contributed by atoms with van der Waals surface area (Å²) >= 11 is 12.0. The monoisotopic (exact) mass is 370 g/mol. The molecule has 2 rings (SSSR count). The highest BCUT2D eigenvalue weighted by atomic mass is 127. The highest BCUT2D eigenvalue weighted by molar-refractivity contribution is 14.1. The zero-order chi connectivity index (χ0) is 8.72. The van der Waals surface area contributed by atoms with Crippen LogP contribution in [-0.4, -0.2) is 0 Å². The van der Waals surface area contributed by atoms with Gasteiger partial charge in [0.15, 0.2) is 0 Å². The van der Waals surface area contributed by atoms with Crippen LogP contribution in [0.5, 0.6) is 0 Å². The molecule has 0 aliphatic rings. The maximum atomic E-state index is 4.46. The molecule has 0 unspecified atom stereocenters. The van der Waals surface area contributed by atoms with E-state index in [1.54, 1.807) is 11.3 Å². The highest BCUT2D eigenvalue weighted by Gasteiger charge is 2.06. The molecule has 0 spiro atoms. The first kappa shape index (κ1) is 9.30. The Morgan fingerprint density at radius 3 is 3.00 bits per heavy atom. The Morgan fingerprint density at radius 2 is 2.25 bits per heavy atom. The first-order valence-electron chi connectivity index (χ1n) is 3.24. The van der Waals surface area contributed by atoms with Crippen molar-refractivity contribution >= 4 is 72.6 Å². The van der Waals surface area contributed by atoms with E-state index in [4.69, 9.17) is 0 Å². The fourth-order valence-electron chi connectivity index (χ4n) is 1.05. The molecule has 2 aromatic rings. The fourth-order valence-corrected chi connectivity index (χ4v) is 3.94. The lowest BCUT2D eigenvalue weighted by atomic mass is 10.3. The van der Waals surface area contributed by atoms with Gasteiger partial charge in [0.25, 0.3) is 0 Å². The largest absolute Gasteiger partial charge is 0.143 e. The van der Waals surface area contributed by atoms with Crippen LogP contribution in [0.2, 0.25) is 0 Å². The number of halogens is 2. The van der Waals surface area contributed by atoms with Gasteiger partial charge in [-0.1, -0.05) is 0 Å². The predicted molar refractivity (Wildman–Crippen MR) is 69.5 cm³/mol. The van der Waals surface area contributed by atoms with Gasteiger partial charge in [-0.25, -0.2) is 0 Å². The van der Waals surface area contributed by atoms with Crippen molar-refractivity contribution in [3.05, 3.63) is 25.6 Å². The van der Waals surface area contributed by atoms with Gasteiger partial charge >= 0.3 is 0 Å². The Kier molecular flexibility index (Phi) is 2.69. The summed E-state index contributed by atoms with van der Waals surface area (Å²) in [4.78, 5) is 1.08. The van der Waals surface area contributed by atoms with Gasteiger partial charge in [0, 0.05) is 23.0 Å². The zero-order valence-corrected chi connectivity index (χ0v) is 11.3. The highest BCUT2D eigenvalue weighted by Crippen LogP contribution is 2.36. The van der Waals surface area contributed by atoms with Crippen LogP contribution in [0.15, 0.2) is 26.9 Å². The van der Waals surface area contributed by atoms with Gasteiger partial charge in [-0.05, 0) is 56.0 Å². The van der Waals surface area contributed by atoms with Crippen molar-refractivity contribution in [2.45, 2.75) is 4.90 Å². The molecular weight excluding hydrogens is 367 g/mol. The number of thiol groups is 1. The van der Waals surface area contributed by atoms with Crippen molar-refractivity contribution in [2.24, 2.45) is 0 Å². The number of rotatable bonds is 0. The van der Waals surface area contributed by atoms with Gasteiger partial charge in [0.05, 0.1) is 0 Å². The molecule has 4 heteroatoms. The summed E-state index contributed by atoms with van der Waals surface area (Å²) in [6.07, 6.45) is 0. The van der Waals surface area contributed by atoms with Crippen LogP contribution in [0.4, 0.5) is 0 Å². The van der Waals surface area contributed by atoms with Gasteiger partial charge in [-0.3, -0.25) is 0 Å². The fraction of sp³-hybridized carbons (Fsp3) is 0. The average molecular weight is 371 g/mol. The molecule has 0 N–H and O–H groups in total. The maximum Gasteiger partial charge on any atom is 0.0496 e. The van der Waals surface area contributed by atoms with Crippen LogP contribution < -0.4 is 0 Å². The van der Waals surface area contributed by atoms with E-state index in [9.17, 15) is 0 Å². The molecule has 12 heavy (non-hydrogen) atoms. The van der Waals surface area contributed by atoms with Crippen molar-refractivity contribution in [1.29, 1.82) is 0 Å². The summed E-state index contributed by atoms with van der Waals surface area (Å²) in [5.74, 6) is 0. The molecule has 0 fully saturated rings. The normalized spacial score (nSPS) is 10.9. The molecule has 1 heterocycles. The number of benzene rings is 1. The van der Waals surface area contributed by atoms with Crippen LogP contribution in [0.1, 0.15) is 0 Å². The molecule has 0 radical (unpaired) electrons. The quantitative estimate of drug-likeness (QED) is 0.510. The van der Waals surface area contributed by atoms with Crippen LogP contribution >= 0.6 is 62.5 Å². The minimum atomic E-state index is 1.08. The lowest BCUT2D eigenvalue weighted by Gasteiger charge is -2.00. The van der Waals surface area contributed by atoms with E-state index in [2.05, 4.69) is 68.7 Å². The second kappa shape index (κ2) is 3.48. The molecule has 0 amide bonds. The molecule has 1 aromatic heterocycles. The van der Waals surface area contributed by atoms with Crippen molar-refractivity contribution in [2.75, 3.05) is 0 Å². The van der Waals surface area contributed by atoms with Gasteiger partial charge in [-0.15, -0.1) is 24.0 Å². The minimum absolute atomic E-state index is 1.08. The topological polar surface area (TPSA) is 0 Å². The lowest BCUT2D eigenvalue weighted by Crippen LogP contribution is -1.76. The van der Waals surface area contributed by atoms with Crippen LogP contribution in [0.25, 0.3) is 10.1 Å². The Hall–Kier alpha value is 0.740. The Labute approximate surface area is 102 Å². The van der Waals surface area contributed by atoms with Crippen molar-refractivity contribution in [3.8, 4) is 0 Å². The summed E-state index contributed by atoms with van der Waals surface area (Å²) in [7, 11) is 0. The van der Waals surface area contributed by atoms with E-state index >= 15 is 0 Å². The predicted octanol–water partition coefficient (Wildman–Crippen LogP) is 4.56. The van der Waals surface area contributed by atoms with Gasteiger partial charge < -0.3 is 0 Å². The van der Waals surface area contributed by atoms with E-state index in [1.807, 2.05) is 0 Å². The molecule has 0 saturated carbocycles. The molecule has 0 aliphatic carbocycles. The molecule has 1 aromatic carbocycles. The summed E-state index contributed by atoms with van der Waals surface area (Å²) in [5.41, 5.74) is 0. The summed E-state index contributed by atoms with van der Waals surface area (Å²) in [5, 5.41) is 3.33. The van der Waals surface area contributed by atoms with Crippen LogP contribution in [0.3, 0.4) is 0 Å². The Bertz CT molecular complexity index is 436. The Morgan fingerprint density at radius 1 is 1.50 bits per heavy atom. The van der Waals surface area contributed by atoms with E-state index in [0.717, 1.165) is 9.37 Å². The van der Waals surface area contributed by atoms with Crippen molar-refractivity contribution < 1.29 is 0 Å². The van der Waals surface area contributed by atoms with Crippen molar-refractivity contribution in [1.82, 2.24) is 0 Å². The number of thiophene rings is 1. The zero-order valence-electron chi connectivity index (χ0n) is 5.84. The standard InChI is InChI=1S/C8H4BrIS2/c9-5-3-6(10)7(11)4-1-2-12-8(4)5/h1-3,11H. The average Bonchev–Trinajstić information content (AvgIpc) is 2.48. The summed E-state index contributed by atoms with van der Waals surface area (Å²) in [6, 6.07) is 4.21. The first-order chi connectivity index (χ1) is 5.70. The maximum absolute atomic E-state index is 4.46. The number of fused-ring (bicyclic) bond motifs is 1. The number of hydrogen-bond donors (Lipinski definition) is 1. The van der Waals surface area contributed by atoms with E-state index < -0.39 is 0 Å². The molecular formula is C8H4BrIS2. The van der Waals surface area contributed by atoms with Gasteiger partial charge in [0.1, 0.15) is 0 Å². The first-order valence-corrected chi connectivity index (χ1v) is 6.44. The third kappa shape index (κ3) is 1.42. The van der Waals surface area contributed by atoms with E-state index in [1.165, 1.54) is 13.7 Å². The van der Waals surface area contributed by atoms with Crippen molar-refractivity contribution in [3.63, 3.8) is 0 Å². The smallest absolute Gasteiger partial charge is 0.0496 e. The molecule has 0 bridgehead atoms. The van der Waals surface area contributed by atoms with E-state index in [0.29, 0.717) is 0 Å². The molecule has 62 valence electrons. The third-order valence-electron chi connectivity index (χ3n) is 1.62. The summed E-state index contributed by atoms with van der Waals surface area (Å²) in [6.45, 7) is 0.